The van der Waals surface area contributed by atoms with E-state index in [-0.39, 0.29) is 0 Å². The van der Waals surface area contributed by atoms with Crippen LogP contribution in [0, 0.1) is 17.2 Å². The summed E-state index contributed by atoms with van der Waals surface area (Å²) in [6.45, 7) is 5.13. The Morgan fingerprint density at radius 1 is 1.33 bits per heavy atom. The largest absolute Gasteiger partial charge is 0.387 e. The molecule has 1 fully saturated rings. The molecular formula is C15H20N2O. The number of piperidine rings is 1. The quantitative estimate of drug-likeness (QED) is 0.887. The van der Waals surface area contributed by atoms with Gasteiger partial charge in [0, 0.05) is 6.54 Å². The van der Waals surface area contributed by atoms with Crippen LogP contribution in [0.4, 0.5) is 0 Å². The SMILES string of the molecule is CC1CCN(CC(O)c2ccc(C#N)cc2)CC1. The highest BCUT2D eigenvalue weighted by atomic mass is 16.3. The number of hydrogen-bond donors (Lipinski definition) is 1. The number of benzene rings is 1. The molecule has 96 valence electrons. The van der Waals surface area contributed by atoms with Gasteiger partial charge in [-0.3, -0.25) is 0 Å². The predicted octanol–water partition coefficient (Wildman–Crippen LogP) is 2.32. The fraction of sp³-hybridized carbons (Fsp3) is 0.533. The van der Waals surface area contributed by atoms with E-state index in [1.807, 2.05) is 12.1 Å². The number of nitrogens with zero attached hydrogens (tertiary/aromatic N) is 2. The maximum Gasteiger partial charge on any atom is 0.0991 e. The third kappa shape index (κ3) is 3.32. The summed E-state index contributed by atoms with van der Waals surface area (Å²) < 4.78 is 0. The van der Waals surface area contributed by atoms with Crippen molar-refractivity contribution in [2.45, 2.75) is 25.9 Å². The van der Waals surface area contributed by atoms with Crippen molar-refractivity contribution in [3.8, 4) is 6.07 Å². The van der Waals surface area contributed by atoms with E-state index in [0.29, 0.717) is 12.1 Å². The Morgan fingerprint density at radius 2 is 1.94 bits per heavy atom. The van der Waals surface area contributed by atoms with E-state index < -0.39 is 6.10 Å². The van der Waals surface area contributed by atoms with E-state index >= 15 is 0 Å². The van der Waals surface area contributed by atoms with Gasteiger partial charge in [-0.1, -0.05) is 19.1 Å². The van der Waals surface area contributed by atoms with E-state index in [9.17, 15) is 5.11 Å². The van der Waals surface area contributed by atoms with Crippen molar-refractivity contribution in [1.82, 2.24) is 4.90 Å². The summed E-state index contributed by atoms with van der Waals surface area (Å²) in [6, 6.07) is 9.29. The number of aliphatic hydroxyl groups is 1. The molecule has 0 saturated carbocycles. The monoisotopic (exact) mass is 244 g/mol. The van der Waals surface area contributed by atoms with Crippen molar-refractivity contribution in [2.75, 3.05) is 19.6 Å². The van der Waals surface area contributed by atoms with Crippen LogP contribution in [0.3, 0.4) is 0 Å². The van der Waals surface area contributed by atoms with Crippen LogP contribution in [0.2, 0.25) is 0 Å². The summed E-state index contributed by atoms with van der Waals surface area (Å²) in [7, 11) is 0. The molecule has 0 aromatic heterocycles. The highest BCUT2D eigenvalue weighted by Gasteiger charge is 2.18. The first-order valence-electron chi connectivity index (χ1n) is 6.59. The molecule has 0 bridgehead atoms. The normalized spacial score (nSPS) is 19.4. The Bertz CT molecular complexity index is 413. The van der Waals surface area contributed by atoms with Crippen molar-refractivity contribution in [2.24, 2.45) is 5.92 Å². The van der Waals surface area contributed by atoms with E-state index in [4.69, 9.17) is 5.26 Å². The van der Waals surface area contributed by atoms with Crippen LogP contribution in [-0.2, 0) is 0 Å². The molecule has 1 unspecified atom stereocenters. The Morgan fingerprint density at radius 3 is 2.50 bits per heavy atom. The second-order valence-electron chi connectivity index (χ2n) is 5.23. The summed E-state index contributed by atoms with van der Waals surface area (Å²) >= 11 is 0. The molecule has 2 rings (SSSR count). The van der Waals surface area contributed by atoms with Gasteiger partial charge in [-0.2, -0.15) is 5.26 Å². The number of rotatable bonds is 3. The average Bonchev–Trinajstić information content (AvgIpc) is 2.41. The molecule has 3 nitrogen and oxygen atoms in total. The lowest BCUT2D eigenvalue weighted by Crippen LogP contribution is -2.35. The first-order valence-corrected chi connectivity index (χ1v) is 6.59. The van der Waals surface area contributed by atoms with E-state index in [2.05, 4.69) is 17.9 Å². The number of β-amino-alcohol motifs (C(OH)–C–C–N with tert-alkyl or cyclic N) is 1. The zero-order valence-corrected chi connectivity index (χ0v) is 10.8. The summed E-state index contributed by atoms with van der Waals surface area (Å²) in [5.74, 6) is 0.813. The molecule has 1 heterocycles. The predicted molar refractivity (Wildman–Crippen MR) is 71.0 cm³/mol. The first kappa shape index (κ1) is 13.1. The molecule has 3 heteroatoms. The van der Waals surface area contributed by atoms with Crippen molar-refractivity contribution >= 4 is 0 Å². The summed E-state index contributed by atoms with van der Waals surface area (Å²) in [4.78, 5) is 2.32. The zero-order chi connectivity index (χ0) is 13.0. The second kappa shape index (κ2) is 5.99. The molecule has 1 atom stereocenters. The van der Waals surface area contributed by atoms with Crippen LogP contribution >= 0.6 is 0 Å². The molecule has 1 N–H and O–H groups in total. The molecule has 0 spiro atoms. The fourth-order valence-corrected chi connectivity index (χ4v) is 2.37. The van der Waals surface area contributed by atoms with Gasteiger partial charge in [-0.25, -0.2) is 0 Å². The van der Waals surface area contributed by atoms with Crippen LogP contribution in [-0.4, -0.2) is 29.6 Å². The number of nitriles is 1. The first-order chi connectivity index (χ1) is 8.69. The highest BCUT2D eigenvalue weighted by molar-refractivity contribution is 5.32. The third-order valence-electron chi connectivity index (χ3n) is 3.73. The molecule has 1 aliphatic rings. The highest BCUT2D eigenvalue weighted by Crippen LogP contribution is 2.20. The Kier molecular flexibility index (Phi) is 4.35. The maximum absolute atomic E-state index is 10.2. The van der Waals surface area contributed by atoms with Crippen molar-refractivity contribution < 1.29 is 5.11 Å². The molecular weight excluding hydrogens is 224 g/mol. The molecule has 0 aliphatic carbocycles. The van der Waals surface area contributed by atoms with Crippen LogP contribution < -0.4 is 0 Å². The van der Waals surface area contributed by atoms with Gasteiger partial charge in [0.05, 0.1) is 17.7 Å². The summed E-state index contributed by atoms with van der Waals surface area (Å²) in [5.41, 5.74) is 1.53. The van der Waals surface area contributed by atoms with Crippen molar-refractivity contribution in [1.29, 1.82) is 5.26 Å². The minimum atomic E-state index is -0.453. The standard InChI is InChI=1S/C15H20N2O/c1-12-6-8-17(9-7-12)11-15(18)14-4-2-13(10-16)3-5-14/h2-5,12,15,18H,6-9,11H2,1H3. The van der Waals surface area contributed by atoms with E-state index in [0.717, 1.165) is 24.6 Å². The molecule has 0 amide bonds. The smallest absolute Gasteiger partial charge is 0.0991 e. The van der Waals surface area contributed by atoms with Crippen molar-refractivity contribution in [3.05, 3.63) is 35.4 Å². The lowest BCUT2D eigenvalue weighted by Gasteiger charge is -2.31. The van der Waals surface area contributed by atoms with Gasteiger partial charge in [0.15, 0.2) is 0 Å². The van der Waals surface area contributed by atoms with Crippen LogP contribution in [0.15, 0.2) is 24.3 Å². The van der Waals surface area contributed by atoms with Gasteiger partial charge < -0.3 is 10.0 Å². The number of hydrogen-bond acceptors (Lipinski definition) is 3. The number of aliphatic hydroxyl groups excluding tert-OH is 1. The Hall–Kier alpha value is -1.37. The molecule has 1 aromatic rings. The van der Waals surface area contributed by atoms with Crippen LogP contribution in [0.1, 0.15) is 37.0 Å². The summed E-state index contributed by atoms with van der Waals surface area (Å²) in [6.07, 6.45) is 1.99. The third-order valence-corrected chi connectivity index (χ3v) is 3.73. The Balaban J connectivity index is 1.91. The van der Waals surface area contributed by atoms with Gasteiger partial charge in [0.1, 0.15) is 0 Å². The van der Waals surface area contributed by atoms with Gasteiger partial charge in [-0.15, -0.1) is 0 Å². The van der Waals surface area contributed by atoms with E-state index in [1.54, 1.807) is 12.1 Å². The molecule has 1 aromatic carbocycles. The zero-order valence-electron chi connectivity index (χ0n) is 10.8. The van der Waals surface area contributed by atoms with Crippen LogP contribution in [0.5, 0.6) is 0 Å². The maximum atomic E-state index is 10.2. The molecule has 0 radical (unpaired) electrons. The van der Waals surface area contributed by atoms with Crippen LogP contribution in [0.25, 0.3) is 0 Å². The molecule has 1 saturated heterocycles. The average molecular weight is 244 g/mol. The van der Waals surface area contributed by atoms with Gasteiger partial charge in [-0.05, 0) is 49.5 Å². The Labute approximate surface area is 109 Å². The van der Waals surface area contributed by atoms with Gasteiger partial charge >= 0.3 is 0 Å². The minimum absolute atomic E-state index is 0.453. The topological polar surface area (TPSA) is 47.3 Å². The second-order valence-corrected chi connectivity index (χ2v) is 5.23. The van der Waals surface area contributed by atoms with Crippen molar-refractivity contribution in [3.63, 3.8) is 0 Å². The van der Waals surface area contributed by atoms with Gasteiger partial charge in [0.2, 0.25) is 0 Å². The van der Waals surface area contributed by atoms with E-state index in [1.165, 1.54) is 12.8 Å². The molecule has 1 aliphatic heterocycles. The lowest BCUT2D eigenvalue weighted by atomic mass is 9.98. The summed E-state index contributed by atoms with van der Waals surface area (Å²) in [5, 5.41) is 18.9. The fourth-order valence-electron chi connectivity index (χ4n) is 2.37. The minimum Gasteiger partial charge on any atom is -0.387 e. The lowest BCUT2D eigenvalue weighted by molar-refractivity contribution is 0.0916. The number of likely N-dealkylation sites (tertiary alicyclic amines) is 1. The molecule has 18 heavy (non-hydrogen) atoms. The van der Waals surface area contributed by atoms with Gasteiger partial charge in [0.25, 0.3) is 0 Å².